The monoisotopic (exact) mass is 462 g/mol. The van der Waals surface area contributed by atoms with Crippen molar-refractivity contribution in [1.29, 1.82) is 0 Å². The van der Waals surface area contributed by atoms with Crippen LogP contribution < -0.4 is 16.4 Å². The zero-order chi connectivity index (χ0) is 23.0. The number of nitrogens with one attached hydrogen (secondary N) is 3. The Labute approximate surface area is 187 Å². The Hall–Kier alpha value is -3.08. The lowest BCUT2D eigenvalue weighted by molar-refractivity contribution is -0.137. The van der Waals surface area contributed by atoms with E-state index in [1.165, 1.54) is 12.8 Å². The zero-order valence-corrected chi connectivity index (χ0v) is 17.9. The molecule has 0 aliphatic carbocycles. The van der Waals surface area contributed by atoms with E-state index in [2.05, 4.69) is 30.5 Å². The van der Waals surface area contributed by atoms with Gasteiger partial charge in [0.2, 0.25) is 5.95 Å². The molecule has 33 heavy (non-hydrogen) atoms. The Bertz CT molecular complexity index is 1190. The van der Waals surface area contributed by atoms with Gasteiger partial charge in [0.05, 0.1) is 5.52 Å². The first-order valence-corrected chi connectivity index (χ1v) is 11.2. The number of hydrogen-bond donors (Lipinski definition) is 3. The average molecular weight is 462 g/mol. The molecule has 2 aliphatic heterocycles. The van der Waals surface area contributed by atoms with E-state index in [9.17, 15) is 18.0 Å². The zero-order valence-electron chi connectivity index (χ0n) is 17.9. The van der Waals surface area contributed by atoms with Gasteiger partial charge >= 0.3 is 11.9 Å². The number of fused-ring (bicyclic) bond motifs is 2. The fraction of sp³-hybridized carbons (Fsp3) is 0.500. The normalized spacial score (nSPS) is 21.7. The Balaban J connectivity index is 1.36. The van der Waals surface area contributed by atoms with Crippen molar-refractivity contribution in [2.75, 3.05) is 30.3 Å². The lowest BCUT2D eigenvalue weighted by atomic mass is 9.83. The van der Waals surface area contributed by atoms with Crippen molar-refractivity contribution >= 4 is 28.6 Å². The average Bonchev–Trinajstić information content (AvgIpc) is 3.16. The molecule has 8 nitrogen and oxygen atoms in total. The lowest BCUT2D eigenvalue weighted by Gasteiger charge is -2.44. The minimum Gasteiger partial charge on any atom is -0.408 e. The van der Waals surface area contributed by atoms with Crippen molar-refractivity contribution in [2.24, 2.45) is 5.92 Å². The van der Waals surface area contributed by atoms with Crippen LogP contribution in [0.15, 0.2) is 33.6 Å². The maximum absolute atomic E-state index is 13.6. The van der Waals surface area contributed by atoms with Gasteiger partial charge in [-0.15, -0.1) is 0 Å². The summed E-state index contributed by atoms with van der Waals surface area (Å²) in [4.78, 5) is 24.4. The Kier molecular flexibility index (Phi) is 5.73. The highest BCUT2D eigenvalue weighted by Gasteiger charge is 2.37. The maximum Gasteiger partial charge on any atom is 0.421 e. The summed E-state index contributed by atoms with van der Waals surface area (Å²) in [5.41, 5.74) is 0.462. The lowest BCUT2D eigenvalue weighted by Crippen LogP contribution is -2.49. The minimum absolute atomic E-state index is 0.0265. The van der Waals surface area contributed by atoms with Gasteiger partial charge in [0.15, 0.2) is 5.58 Å². The van der Waals surface area contributed by atoms with Crippen LogP contribution in [0.25, 0.3) is 11.1 Å². The van der Waals surface area contributed by atoms with Crippen molar-refractivity contribution in [3.05, 3.63) is 40.5 Å². The number of rotatable bonds is 5. The molecule has 3 N–H and O–H groups in total. The highest BCUT2D eigenvalue weighted by Crippen LogP contribution is 2.36. The molecule has 3 aromatic rings. The largest absolute Gasteiger partial charge is 0.421 e. The number of halogens is 3. The van der Waals surface area contributed by atoms with Gasteiger partial charge in [0, 0.05) is 24.5 Å². The number of oxazole rings is 1. The summed E-state index contributed by atoms with van der Waals surface area (Å²) in [5, 5.41) is 5.89. The number of benzene rings is 1. The number of hydrogen-bond acceptors (Lipinski definition) is 7. The summed E-state index contributed by atoms with van der Waals surface area (Å²) in [6.45, 7) is 2.58. The molecule has 2 saturated heterocycles. The first-order chi connectivity index (χ1) is 15.9. The third-order valence-electron chi connectivity index (χ3n) is 6.53. The van der Waals surface area contributed by atoms with Crippen molar-refractivity contribution in [2.45, 2.75) is 44.3 Å². The summed E-state index contributed by atoms with van der Waals surface area (Å²) in [6.07, 6.45) is 1.73. The molecule has 5 rings (SSSR count). The summed E-state index contributed by atoms with van der Waals surface area (Å²) in [6, 6.07) is 5.23. The van der Waals surface area contributed by atoms with E-state index >= 15 is 0 Å². The number of nitrogens with zero attached hydrogens (tertiary/aromatic N) is 3. The van der Waals surface area contributed by atoms with Gasteiger partial charge in [-0.3, -0.25) is 4.98 Å². The van der Waals surface area contributed by atoms with E-state index in [0.717, 1.165) is 38.5 Å². The highest BCUT2D eigenvalue weighted by molar-refractivity contribution is 5.78. The molecule has 2 fully saturated rings. The number of anilines is 3. The van der Waals surface area contributed by atoms with Crippen LogP contribution in [0.4, 0.5) is 30.6 Å². The van der Waals surface area contributed by atoms with Crippen LogP contribution in [-0.2, 0) is 6.18 Å². The quantitative estimate of drug-likeness (QED) is 0.518. The van der Waals surface area contributed by atoms with Crippen molar-refractivity contribution in [3.63, 3.8) is 0 Å². The molecular weight excluding hydrogens is 437 g/mol. The summed E-state index contributed by atoms with van der Waals surface area (Å²) >= 11 is 0. The maximum atomic E-state index is 13.6. The third kappa shape index (κ3) is 4.68. The number of piperidine rings is 2. The second-order valence-corrected chi connectivity index (χ2v) is 8.69. The Morgan fingerprint density at radius 3 is 2.88 bits per heavy atom. The van der Waals surface area contributed by atoms with Crippen molar-refractivity contribution in [3.8, 4) is 0 Å². The minimum atomic E-state index is -4.57. The third-order valence-corrected chi connectivity index (χ3v) is 6.53. The van der Waals surface area contributed by atoms with Gasteiger partial charge in [0.25, 0.3) is 0 Å². The number of aromatic amines is 1. The Morgan fingerprint density at radius 1 is 1.18 bits per heavy atom. The van der Waals surface area contributed by atoms with Gasteiger partial charge in [-0.25, -0.2) is 9.78 Å². The molecule has 0 saturated carbocycles. The van der Waals surface area contributed by atoms with E-state index in [0.29, 0.717) is 29.4 Å². The SMILES string of the molecule is O=c1[nH]c2cc(Nc3ncc(C(F)(F)F)c(NC[C@@H]4CCCN5CCCC[C@H]45)n3)ccc2o1. The fourth-order valence-electron chi connectivity index (χ4n) is 4.99. The molecule has 0 bridgehead atoms. The van der Waals surface area contributed by atoms with Crippen LogP contribution >= 0.6 is 0 Å². The van der Waals surface area contributed by atoms with Gasteiger partial charge in [0.1, 0.15) is 11.4 Å². The number of aromatic nitrogens is 3. The van der Waals surface area contributed by atoms with E-state index in [1.807, 2.05) is 0 Å². The van der Waals surface area contributed by atoms with Crippen LogP contribution in [0, 0.1) is 5.92 Å². The van der Waals surface area contributed by atoms with Gasteiger partial charge in [-0.05, 0) is 62.9 Å². The predicted octanol–water partition coefficient (Wildman–Crippen LogP) is 4.35. The predicted molar refractivity (Wildman–Crippen MR) is 118 cm³/mol. The van der Waals surface area contributed by atoms with E-state index in [1.54, 1.807) is 18.2 Å². The van der Waals surface area contributed by atoms with Gasteiger partial charge in [-0.2, -0.15) is 18.2 Å². The van der Waals surface area contributed by atoms with Crippen LogP contribution in [0.5, 0.6) is 0 Å². The molecule has 0 unspecified atom stereocenters. The van der Waals surface area contributed by atoms with Crippen LogP contribution in [0.2, 0.25) is 0 Å². The summed E-state index contributed by atoms with van der Waals surface area (Å²) in [5.74, 6) is -0.505. The number of alkyl halides is 3. The molecule has 4 heterocycles. The first kappa shape index (κ1) is 21.7. The van der Waals surface area contributed by atoms with Crippen molar-refractivity contribution in [1.82, 2.24) is 19.9 Å². The molecular formula is C22H25F3N6O2. The fourth-order valence-corrected chi connectivity index (χ4v) is 4.99. The molecule has 2 aromatic heterocycles. The molecule has 2 aliphatic rings. The summed E-state index contributed by atoms with van der Waals surface area (Å²) in [7, 11) is 0. The van der Waals surface area contributed by atoms with E-state index in [-0.39, 0.29) is 17.7 Å². The molecule has 0 spiro atoms. The molecule has 176 valence electrons. The molecule has 0 radical (unpaired) electrons. The van der Waals surface area contributed by atoms with E-state index in [4.69, 9.17) is 4.42 Å². The smallest absolute Gasteiger partial charge is 0.408 e. The van der Waals surface area contributed by atoms with Crippen LogP contribution in [-0.4, -0.2) is 45.5 Å². The molecule has 2 atom stereocenters. The van der Waals surface area contributed by atoms with Gasteiger partial charge in [-0.1, -0.05) is 6.42 Å². The first-order valence-electron chi connectivity index (χ1n) is 11.2. The van der Waals surface area contributed by atoms with Crippen LogP contribution in [0.1, 0.15) is 37.7 Å². The molecule has 11 heteroatoms. The highest BCUT2D eigenvalue weighted by atomic mass is 19.4. The molecule has 1 aromatic carbocycles. The van der Waals surface area contributed by atoms with E-state index < -0.39 is 17.5 Å². The second kappa shape index (κ2) is 8.69. The van der Waals surface area contributed by atoms with Gasteiger partial charge < -0.3 is 20.0 Å². The topological polar surface area (TPSA) is 99.1 Å². The number of H-pyrrole nitrogens is 1. The summed E-state index contributed by atoms with van der Waals surface area (Å²) < 4.78 is 45.8. The van der Waals surface area contributed by atoms with Crippen LogP contribution in [0.3, 0.4) is 0 Å². The standard InChI is InChI=1S/C22H25F3N6O2/c23-22(24,25)15-12-27-20(28-14-6-7-18-16(10-14)29-21(32)33-18)30-19(15)26-11-13-4-3-9-31-8-2-1-5-17(13)31/h6-7,10,12-13,17H,1-5,8-9,11H2,(H,29,32)(H2,26,27,28,30)/t13-,17+/m0/s1. The molecule has 0 amide bonds. The van der Waals surface area contributed by atoms with Crippen molar-refractivity contribution < 1.29 is 17.6 Å². The Morgan fingerprint density at radius 2 is 2.03 bits per heavy atom. The second-order valence-electron chi connectivity index (χ2n) is 8.69.